The van der Waals surface area contributed by atoms with Gasteiger partial charge in [0.2, 0.25) is 11.8 Å². The number of hydrogen-bond acceptors (Lipinski definition) is 8. The molecule has 0 aromatic heterocycles. The Balaban J connectivity index is 1.89. The van der Waals surface area contributed by atoms with E-state index in [4.69, 9.17) is 10.5 Å². The predicted molar refractivity (Wildman–Crippen MR) is 157 cm³/mol. The number of likely N-dealkylation sites (N-methyl/N-ethyl adjacent to an activating group) is 1. The Hall–Kier alpha value is -3.97. The number of hydrogen-bond donors (Lipinski definition) is 5. The van der Waals surface area contributed by atoms with E-state index in [9.17, 15) is 29.1 Å². The maximum atomic E-state index is 13.1. The molecule has 1 fully saturated rings. The van der Waals surface area contributed by atoms with Crippen LogP contribution in [0, 0.1) is 0 Å². The van der Waals surface area contributed by atoms with Crippen LogP contribution in [0.2, 0.25) is 0 Å². The molecule has 2 rings (SSSR count). The van der Waals surface area contributed by atoms with Gasteiger partial charge in [-0.05, 0) is 50.4 Å². The van der Waals surface area contributed by atoms with E-state index in [0.29, 0.717) is 50.0 Å². The second kappa shape index (κ2) is 18.5. The Morgan fingerprint density at radius 3 is 2.33 bits per heavy atom. The van der Waals surface area contributed by atoms with Crippen molar-refractivity contribution in [1.29, 1.82) is 0 Å². The van der Waals surface area contributed by atoms with Crippen molar-refractivity contribution in [3.8, 4) is 0 Å². The first-order valence-electron chi connectivity index (χ1n) is 14.3. The number of primary amides is 1. The zero-order valence-electron chi connectivity index (χ0n) is 24.3. The lowest BCUT2D eigenvalue weighted by atomic mass is 10.1. The molecule has 1 unspecified atom stereocenters. The average molecular weight is 589 g/mol. The van der Waals surface area contributed by atoms with Crippen LogP contribution in [0.3, 0.4) is 0 Å². The average Bonchev–Trinajstić information content (AvgIpc) is 2.97. The fourth-order valence-electron chi connectivity index (χ4n) is 4.33. The largest absolute Gasteiger partial charge is 0.461 e. The van der Waals surface area contributed by atoms with Gasteiger partial charge in [-0.3, -0.25) is 19.2 Å². The minimum atomic E-state index is -1.30. The van der Waals surface area contributed by atoms with Gasteiger partial charge in [0.05, 0.1) is 0 Å². The molecule has 13 heteroatoms. The Morgan fingerprint density at radius 2 is 1.69 bits per heavy atom. The topological polar surface area (TPSA) is 183 Å². The maximum absolute atomic E-state index is 13.1. The lowest BCUT2D eigenvalue weighted by Gasteiger charge is -2.33. The highest BCUT2D eigenvalue weighted by molar-refractivity contribution is 5.97. The summed E-state index contributed by atoms with van der Waals surface area (Å²) < 4.78 is 4.92. The summed E-state index contributed by atoms with van der Waals surface area (Å²) in [7, 11) is 1.98. The lowest BCUT2D eigenvalue weighted by molar-refractivity contribution is -0.143. The van der Waals surface area contributed by atoms with E-state index < -0.39 is 24.1 Å². The zero-order chi connectivity index (χ0) is 30.9. The predicted octanol–water partition coefficient (Wildman–Crippen LogP) is 1.05. The van der Waals surface area contributed by atoms with Crippen molar-refractivity contribution in [3.05, 3.63) is 42.5 Å². The second-order valence-electron chi connectivity index (χ2n) is 10.2. The summed E-state index contributed by atoms with van der Waals surface area (Å²) in [6, 6.07) is 4.77. The molecule has 1 aromatic carbocycles. The summed E-state index contributed by atoms with van der Waals surface area (Å²) in [5.41, 5.74) is 5.94. The van der Waals surface area contributed by atoms with E-state index in [-0.39, 0.29) is 50.2 Å². The van der Waals surface area contributed by atoms with Gasteiger partial charge in [0.1, 0.15) is 12.6 Å². The molecule has 13 nitrogen and oxygen atoms in total. The van der Waals surface area contributed by atoms with Crippen molar-refractivity contribution >= 4 is 35.4 Å². The fourth-order valence-corrected chi connectivity index (χ4v) is 4.33. The van der Waals surface area contributed by atoms with E-state index in [1.165, 1.54) is 6.08 Å². The number of anilines is 1. The van der Waals surface area contributed by atoms with Crippen molar-refractivity contribution in [2.24, 2.45) is 5.73 Å². The summed E-state index contributed by atoms with van der Waals surface area (Å²) >= 11 is 0. The van der Waals surface area contributed by atoms with E-state index in [1.807, 2.05) is 7.05 Å². The Bertz CT molecular complexity index is 1060. The number of nitrogens with one attached hydrogen (secondary N) is 3. The van der Waals surface area contributed by atoms with Crippen LogP contribution >= 0.6 is 0 Å². The van der Waals surface area contributed by atoms with Crippen LogP contribution in [0.1, 0.15) is 56.6 Å². The van der Waals surface area contributed by atoms with E-state index in [0.717, 1.165) is 13.1 Å². The normalized spacial score (nSPS) is 14.8. The molecule has 1 aromatic rings. The van der Waals surface area contributed by atoms with Gasteiger partial charge in [-0.1, -0.05) is 31.2 Å². The highest BCUT2D eigenvalue weighted by Gasteiger charge is 2.26. The van der Waals surface area contributed by atoms with Crippen LogP contribution < -0.4 is 21.7 Å². The molecule has 5 amide bonds. The van der Waals surface area contributed by atoms with Crippen LogP contribution in [0.4, 0.5) is 10.5 Å². The number of unbranched alkanes of at least 4 members (excludes halogenated alkanes) is 2. The number of nitrogens with zero attached hydrogens (tertiary/aromatic N) is 2. The molecule has 42 heavy (non-hydrogen) atoms. The molecule has 1 aliphatic heterocycles. The molecule has 0 saturated carbocycles. The van der Waals surface area contributed by atoms with Crippen molar-refractivity contribution < 1.29 is 33.8 Å². The second-order valence-corrected chi connectivity index (χ2v) is 10.2. The monoisotopic (exact) mass is 588 g/mol. The molecule has 0 spiro atoms. The highest BCUT2D eigenvalue weighted by atomic mass is 16.5. The molecule has 2 atom stereocenters. The quantitative estimate of drug-likeness (QED) is 0.102. The minimum absolute atomic E-state index is 0.169. The van der Waals surface area contributed by atoms with Gasteiger partial charge in [-0.2, -0.15) is 0 Å². The van der Waals surface area contributed by atoms with E-state index in [1.54, 1.807) is 29.2 Å². The summed E-state index contributed by atoms with van der Waals surface area (Å²) in [4.78, 5) is 64.6. The van der Waals surface area contributed by atoms with Crippen LogP contribution in [0.25, 0.3) is 0 Å². The van der Waals surface area contributed by atoms with Crippen molar-refractivity contribution in [2.45, 2.75) is 57.1 Å². The minimum Gasteiger partial charge on any atom is -0.461 e. The third kappa shape index (κ3) is 12.7. The number of carbonyl (C=O) groups is 5. The van der Waals surface area contributed by atoms with Gasteiger partial charge < -0.3 is 41.3 Å². The van der Waals surface area contributed by atoms with Gasteiger partial charge in [-0.25, -0.2) is 4.79 Å². The number of aliphatic hydroxyl groups excluding tert-OH is 1. The van der Waals surface area contributed by atoms with Gasteiger partial charge in [0.15, 0.2) is 6.10 Å². The number of carbonyl (C=O) groups excluding carboxylic acids is 5. The molecule has 232 valence electrons. The lowest BCUT2D eigenvalue weighted by Crippen LogP contribution is -2.48. The third-order valence-electron chi connectivity index (χ3n) is 6.81. The molecule has 1 heterocycles. The number of ether oxygens (including phenoxy) is 1. The molecular formula is C29H44N6O7. The van der Waals surface area contributed by atoms with Crippen molar-refractivity contribution in [3.63, 3.8) is 0 Å². The van der Waals surface area contributed by atoms with Crippen LogP contribution in [0.5, 0.6) is 0 Å². The van der Waals surface area contributed by atoms with Crippen LogP contribution in [-0.4, -0.2) is 97.0 Å². The first-order valence-corrected chi connectivity index (χ1v) is 14.3. The first-order chi connectivity index (χ1) is 20.1. The van der Waals surface area contributed by atoms with Gasteiger partial charge in [-0.15, -0.1) is 0 Å². The van der Waals surface area contributed by atoms with E-state index in [2.05, 4.69) is 27.4 Å². The molecule has 0 radical (unpaired) electrons. The van der Waals surface area contributed by atoms with Crippen molar-refractivity contribution in [1.82, 2.24) is 20.4 Å². The number of amides is 5. The Labute approximate surface area is 246 Å². The molecule has 1 saturated heterocycles. The number of nitrogens with two attached hydrogens (primary N) is 1. The summed E-state index contributed by atoms with van der Waals surface area (Å²) in [6.45, 7) is 6.48. The fraction of sp³-hybridized carbons (Fsp3) is 0.552. The molecular weight excluding hydrogens is 544 g/mol. The molecule has 0 bridgehead atoms. The van der Waals surface area contributed by atoms with Crippen LogP contribution in [0.15, 0.2) is 36.9 Å². The molecule has 1 aliphatic rings. The first kappa shape index (κ1) is 34.2. The SMILES string of the molecule is C=CCOC(=O)CCCCCC(=O)N[C@@H](CCCNC(N)=O)C(=O)Nc1ccc(C(O)C(=O)N2CCN(C)CC2)cc1. The molecule has 0 aliphatic carbocycles. The maximum Gasteiger partial charge on any atom is 0.312 e. The number of urea groups is 1. The Kier molecular flexibility index (Phi) is 15.0. The number of esters is 1. The van der Waals surface area contributed by atoms with E-state index >= 15 is 0 Å². The van der Waals surface area contributed by atoms with Gasteiger partial charge in [0, 0.05) is 51.3 Å². The molecule has 6 N–H and O–H groups in total. The number of rotatable bonds is 17. The zero-order valence-corrected chi connectivity index (χ0v) is 24.3. The standard InChI is InChI=1S/C29H44N6O7/c1-3-20-42-25(37)10-6-4-5-9-24(36)33-23(8-7-15-31-29(30)41)27(39)32-22-13-11-21(12-14-22)26(38)28(40)35-18-16-34(2)17-19-35/h3,11-14,23,26,38H,1,4-10,15-20H2,2H3,(H,32,39)(H,33,36)(H3,30,31,41)/t23-,26?/m0/s1. The number of benzene rings is 1. The third-order valence-corrected chi connectivity index (χ3v) is 6.81. The van der Waals surface area contributed by atoms with Gasteiger partial charge >= 0.3 is 12.0 Å². The number of piperazine rings is 1. The smallest absolute Gasteiger partial charge is 0.312 e. The summed E-state index contributed by atoms with van der Waals surface area (Å²) in [5.74, 6) is -1.44. The summed E-state index contributed by atoms with van der Waals surface area (Å²) in [6.07, 6.45) is 3.04. The number of aliphatic hydroxyl groups is 1. The highest BCUT2D eigenvalue weighted by Crippen LogP contribution is 2.20. The van der Waals surface area contributed by atoms with Crippen molar-refractivity contribution in [2.75, 3.05) is 51.7 Å². The van der Waals surface area contributed by atoms with Crippen LogP contribution in [-0.2, 0) is 23.9 Å². The summed E-state index contributed by atoms with van der Waals surface area (Å²) in [5, 5.41) is 18.6. The van der Waals surface area contributed by atoms with Gasteiger partial charge in [0.25, 0.3) is 5.91 Å². The Morgan fingerprint density at radius 1 is 1.02 bits per heavy atom.